The molecule has 0 spiro atoms. The molecule has 2 aromatic rings. The molecule has 0 aliphatic heterocycles. The van der Waals surface area contributed by atoms with Crippen molar-refractivity contribution in [2.45, 2.75) is 6.10 Å². The number of nitrogens with one attached hydrogen (secondary N) is 1. The molecule has 17 heavy (non-hydrogen) atoms. The zero-order valence-corrected chi connectivity index (χ0v) is 10.6. The highest BCUT2D eigenvalue weighted by Crippen LogP contribution is 2.19. The second-order valence-corrected chi connectivity index (χ2v) is 4.47. The Balaban J connectivity index is 1.99. The van der Waals surface area contributed by atoms with Crippen molar-refractivity contribution in [2.24, 2.45) is 0 Å². The van der Waals surface area contributed by atoms with Crippen molar-refractivity contribution < 1.29 is 5.11 Å². The number of hydrogen-bond donors (Lipinski definition) is 2. The maximum atomic E-state index is 9.31. The molecule has 0 saturated heterocycles. The maximum absolute atomic E-state index is 9.31. The third-order valence-electron chi connectivity index (χ3n) is 2.26. The molecule has 0 saturated carbocycles. The summed E-state index contributed by atoms with van der Waals surface area (Å²) in [5.41, 5.74) is 2.85. The first-order chi connectivity index (χ1) is 8.29. The van der Waals surface area contributed by atoms with Crippen LogP contribution in [0.15, 0.2) is 29.6 Å². The van der Waals surface area contributed by atoms with Crippen LogP contribution >= 0.6 is 23.1 Å². The number of nitrogens with zero attached hydrogens (tertiary/aromatic N) is 2. The predicted octanol–water partition coefficient (Wildman–Crippen LogP) is 2.22. The number of aliphatic hydroxyl groups excluding tert-OH is 1. The molecular weight excluding hydrogens is 258 g/mol. The van der Waals surface area contributed by atoms with Gasteiger partial charge in [-0.15, -0.1) is 16.7 Å². The van der Waals surface area contributed by atoms with Gasteiger partial charge in [0.15, 0.2) is 0 Å². The monoisotopic (exact) mass is 269 g/mol. The van der Waals surface area contributed by atoms with Crippen LogP contribution in [-0.2, 0) is 0 Å². The fourth-order valence-corrected chi connectivity index (χ4v) is 1.91. The number of aliphatic hydroxyl groups is 1. The van der Waals surface area contributed by atoms with Crippen LogP contribution in [0.2, 0.25) is 0 Å². The SMILES string of the molecule is OC(CCl)CNc1ccc(-c2csnn2)cc1. The fraction of sp³-hybridized carbons (Fsp3) is 0.273. The lowest BCUT2D eigenvalue weighted by Crippen LogP contribution is -2.20. The van der Waals surface area contributed by atoms with Gasteiger partial charge in [-0.25, -0.2) is 0 Å². The Kier molecular flexibility index (Phi) is 4.30. The highest BCUT2D eigenvalue weighted by Gasteiger charge is 2.03. The topological polar surface area (TPSA) is 58.0 Å². The van der Waals surface area contributed by atoms with Gasteiger partial charge in [0, 0.05) is 23.2 Å². The van der Waals surface area contributed by atoms with Gasteiger partial charge < -0.3 is 10.4 Å². The smallest absolute Gasteiger partial charge is 0.105 e. The lowest BCUT2D eigenvalue weighted by molar-refractivity contribution is 0.211. The van der Waals surface area contributed by atoms with Crippen LogP contribution in [0.25, 0.3) is 11.3 Å². The molecule has 1 atom stereocenters. The van der Waals surface area contributed by atoms with E-state index in [2.05, 4.69) is 14.9 Å². The standard InChI is InChI=1S/C11H12ClN3OS/c12-5-10(16)6-13-9-3-1-8(2-4-9)11-7-17-15-14-11/h1-4,7,10,13,16H,5-6H2. The Labute approximate surface area is 108 Å². The summed E-state index contributed by atoms with van der Waals surface area (Å²) in [7, 11) is 0. The van der Waals surface area contributed by atoms with Gasteiger partial charge in [-0.2, -0.15) is 0 Å². The van der Waals surface area contributed by atoms with E-state index in [9.17, 15) is 5.11 Å². The lowest BCUT2D eigenvalue weighted by atomic mass is 10.1. The lowest BCUT2D eigenvalue weighted by Gasteiger charge is -2.10. The summed E-state index contributed by atoms with van der Waals surface area (Å²) in [6, 6.07) is 7.81. The molecule has 1 heterocycles. The molecule has 2 N–H and O–H groups in total. The Morgan fingerprint density at radius 3 is 2.71 bits per heavy atom. The molecule has 2 rings (SSSR count). The summed E-state index contributed by atoms with van der Waals surface area (Å²) >= 11 is 6.84. The van der Waals surface area contributed by atoms with Crippen molar-refractivity contribution in [3.05, 3.63) is 29.6 Å². The first-order valence-corrected chi connectivity index (χ1v) is 6.52. The zero-order chi connectivity index (χ0) is 12.1. The predicted molar refractivity (Wildman–Crippen MR) is 70.6 cm³/mol. The highest BCUT2D eigenvalue weighted by molar-refractivity contribution is 7.03. The van der Waals surface area contributed by atoms with E-state index in [1.807, 2.05) is 29.6 Å². The van der Waals surface area contributed by atoms with Gasteiger partial charge >= 0.3 is 0 Å². The normalized spacial score (nSPS) is 12.4. The van der Waals surface area contributed by atoms with Crippen LogP contribution in [0, 0.1) is 0 Å². The summed E-state index contributed by atoms with van der Waals surface area (Å²) in [6.45, 7) is 0.446. The largest absolute Gasteiger partial charge is 0.390 e. The number of rotatable bonds is 5. The van der Waals surface area contributed by atoms with Gasteiger partial charge in [0.05, 0.1) is 12.0 Å². The molecule has 0 amide bonds. The molecule has 0 fully saturated rings. The first kappa shape index (κ1) is 12.3. The minimum atomic E-state index is -0.529. The van der Waals surface area contributed by atoms with E-state index in [0.29, 0.717) is 6.54 Å². The van der Waals surface area contributed by atoms with Crippen LogP contribution in [-0.4, -0.2) is 33.2 Å². The van der Waals surface area contributed by atoms with E-state index in [4.69, 9.17) is 11.6 Å². The molecule has 1 aromatic carbocycles. The van der Waals surface area contributed by atoms with Crippen molar-refractivity contribution in [3.8, 4) is 11.3 Å². The molecule has 0 bridgehead atoms. The number of benzene rings is 1. The van der Waals surface area contributed by atoms with Gasteiger partial charge in [-0.05, 0) is 23.7 Å². The number of halogens is 1. The second kappa shape index (κ2) is 5.95. The summed E-state index contributed by atoms with van der Waals surface area (Å²) in [5, 5.41) is 18.3. The summed E-state index contributed by atoms with van der Waals surface area (Å²) in [6.07, 6.45) is -0.529. The molecule has 0 aliphatic rings. The highest BCUT2D eigenvalue weighted by atomic mass is 35.5. The summed E-state index contributed by atoms with van der Waals surface area (Å²) in [5.74, 6) is 0.232. The molecule has 90 valence electrons. The van der Waals surface area contributed by atoms with Crippen LogP contribution in [0.4, 0.5) is 5.69 Å². The van der Waals surface area contributed by atoms with Crippen molar-refractivity contribution in [2.75, 3.05) is 17.7 Å². The summed E-state index contributed by atoms with van der Waals surface area (Å²) in [4.78, 5) is 0. The van der Waals surface area contributed by atoms with Gasteiger partial charge in [-0.1, -0.05) is 16.6 Å². The molecule has 4 nitrogen and oxygen atoms in total. The number of alkyl halides is 1. The average molecular weight is 270 g/mol. The molecular formula is C11H12ClN3OS. The minimum absolute atomic E-state index is 0.232. The Bertz CT molecular complexity index is 446. The van der Waals surface area contributed by atoms with E-state index < -0.39 is 6.10 Å². The van der Waals surface area contributed by atoms with Gasteiger partial charge in [0.2, 0.25) is 0 Å². The molecule has 0 aliphatic carbocycles. The third-order valence-corrected chi connectivity index (χ3v) is 3.12. The quantitative estimate of drug-likeness (QED) is 0.817. The summed E-state index contributed by atoms with van der Waals surface area (Å²) < 4.78 is 3.82. The Morgan fingerprint density at radius 2 is 2.12 bits per heavy atom. The fourth-order valence-electron chi connectivity index (χ4n) is 1.34. The molecule has 1 unspecified atom stereocenters. The Hall–Kier alpha value is -1.17. The van der Waals surface area contributed by atoms with Crippen LogP contribution in [0.5, 0.6) is 0 Å². The molecule has 1 aromatic heterocycles. The van der Waals surface area contributed by atoms with Gasteiger partial charge in [-0.3, -0.25) is 0 Å². The van der Waals surface area contributed by atoms with Gasteiger partial charge in [0.25, 0.3) is 0 Å². The van der Waals surface area contributed by atoms with Crippen LogP contribution < -0.4 is 5.32 Å². The Morgan fingerprint density at radius 1 is 1.35 bits per heavy atom. The van der Waals surface area contributed by atoms with Crippen molar-refractivity contribution in [1.82, 2.24) is 9.59 Å². The van der Waals surface area contributed by atoms with Gasteiger partial charge in [0.1, 0.15) is 5.69 Å². The third kappa shape index (κ3) is 3.39. The van der Waals surface area contributed by atoms with Crippen molar-refractivity contribution >= 4 is 28.8 Å². The van der Waals surface area contributed by atoms with E-state index in [1.165, 1.54) is 11.5 Å². The van der Waals surface area contributed by atoms with Crippen molar-refractivity contribution in [3.63, 3.8) is 0 Å². The molecule has 6 heteroatoms. The number of hydrogen-bond acceptors (Lipinski definition) is 5. The molecule has 0 radical (unpaired) electrons. The van der Waals surface area contributed by atoms with Crippen molar-refractivity contribution in [1.29, 1.82) is 0 Å². The van der Waals surface area contributed by atoms with Crippen LogP contribution in [0.3, 0.4) is 0 Å². The number of anilines is 1. The van der Waals surface area contributed by atoms with Crippen LogP contribution in [0.1, 0.15) is 0 Å². The first-order valence-electron chi connectivity index (χ1n) is 5.15. The van der Waals surface area contributed by atoms with E-state index in [-0.39, 0.29) is 5.88 Å². The average Bonchev–Trinajstić information content (AvgIpc) is 2.90. The van der Waals surface area contributed by atoms with E-state index in [1.54, 1.807) is 0 Å². The zero-order valence-electron chi connectivity index (χ0n) is 9.01. The number of aromatic nitrogens is 2. The van der Waals surface area contributed by atoms with E-state index in [0.717, 1.165) is 16.9 Å². The maximum Gasteiger partial charge on any atom is 0.105 e. The second-order valence-electron chi connectivity index (χ2n) is 3.56. The minimum Gasteiger partial charge on any atom is -0.390 e. The van der Waals surface area contributed by atoms with E-state index >= 15 is 0 Å².